The summed E-state index contributed by atoms with van der Waals surface area (Å²) in [6.07, 6.45) is -0.608. The van der Waals surface area contributed by atoms with Crippen LogP contribution in [-0.2, 0) is 19.1 Å². The molecule has 0 saturated carbocycles. The summed E-state index contributed by atoms with van der Waals surface area (Å²) in [7, 11) is 0. The molecule has 0 radical (unpaired) electrons. The number of Topliss-reactive ketones (excluding diaryl/α,β-unsaturated/α-hetero) is 2. The Hall–Kier alpha value is -5.79. The van der Waals surface area contributed by atoms with E-state index in [0.717, 1.165) is 12.1 Å². The van der Waals surface area contributed by atoms with Crippen LogP contribution in [0.5, 0.6) is 0 Å². The van der Waals surface area contributed by atoms with Crippen LogP contribution in [0.4, 0.5) is 17.1 Å². The third-order valence-corrected chi connectivity index (χ3v) is 5.77. The number of nitrogens with one attached hydrogen (secondary N) is 1. The number of anilines is 1. The summed E-state index contributed by atoms with van der Waals surface area (Å²) < 4.78 is 9.84. The molecule has 3 rings (SSSR count). The van der Waals surface area contributed by atoms with Gasteiger partial charge in [0.2, 0.25) is 17.5 Å². The molecule has 14 nitrogen and oxygen atoms in total. The second-order valence-corrected chi connectivity index (χ2v) is 8.77. The van der Waals surface area contributed by atoms with Crippen molar-refractivity contribution in [2.24, 2.45) is 0 Å². The number of aryl methyl sites for hydroxylation is 1. The number of carbonyl (C=O) groups is 5. The number of benzene rings is 3. The van der Waals surface area contributed by atoms with Crippen LogP contribution in [-0.4, -0.2) is 52.5 Å². The molecule has 0 atom stereocenters. The van der Waals surface area contributed by atoms with E-state index >= 15 is 0 Å². The van der Waals surface area contributed by atoms with Gasteiger partial charge in [-0.2, -0.15) is 0 Å². The van der Waals surface area contributed by atoms with Gasteiger partial charge < -0.3 is 14.8 Å². The summed E-state index contributed by atoms with van der Waals surface area (Å²) in [5, 5.41) is 24.4. The average molecular weight is 578 g/mol. The van der Waals surface area contributed by atoms with Crippen LogP contribution >= 0.6 is 0 Å². The molecule has 0 aromatic heterocycles. The van der Waals surface area contributed by atoms with Gasteiger partial charge in [-0.25, -0.2) is 4.79 Å². The van der Waals surface area contributed by atoms with E-state index in [0.29, 0.717) is 11.3 Å². The Kier molecular flexibility index (Phi) is 10.3. The highest BCUT2D eigenvalue weighted by molar-refractivity contribution is 6.00. The van der Waals surface area contributed by atoms with E-state index in [1.807, 2.05) is 0 Å². The molecule has 0 bridgehead atoms. The molecule has 0 unspecified atom stereocenters. The van der Waals surface area contributed by atoms with Gasteiger partial charge in [-0.1, -0.05) is 24.3 Å². The minimum Gasteiger partial charge on any atom is -0.457 e. The summed E-state index contributed by atoms with van der Waals surface area (Å²) in [5.74, 6) is -3.46. The van der Waals surface area contributed by atoms with Crippen LogP contribution in [0.15, 0.2) is 66.7 Å². The lowest BCUT2D eigenvalue weighted by Crippen LogP contribution is -2.17. The Morgan fingerprint density at radius 2 is 1.36 bits per heavy atom. The van der Waals surface area contributed by atoms with Gasteiger partial charge in [-0.3, -0.25) is 39.4 Å². The molecule has 14 heteroatoms. The summed E-state index contributed by atoms with van der Waals surface area (Å²) in [5.41, 5.74) is 0.274. The average Bonchev–Trinajstić information content (AvgIpc) is 2.97. The Morgan fingerprint density at radius 1 is 0.738 bits per heavy atom. The minimum atomic E-state index is -0.829. The van der Waals surface area contributed by atoms with E-state index in [2.05, 4.69) is 5.32 Å². The van der Waals surface area contributed by atoms with Crippen LogP contribution in [0.1, 0.15) is 49.5 Å². The van der Waals surface area contributed by atoms with Gasteiger partial charge in [0.15, 0.2) is 13.2 Å². The fourth-order valence-electron chi connectivity index (χ4n) is 3.50. The number of nitro benzene ring substituents is 2. The summed E-state index contributed by atoms with van der Waals surface area (Å²) >= 11 is 0. The highest BCUT2D eigenvalue weighted by Gasteiger charge is 2.18. The Morgan fingerprint density at radius 3 is 2.00 bits per heavy atom. The summed E-state index contributed by atoms with van der Waals surface area (Å²) in [6, 6.07) is 14.4. The van der Waals surface area contributed by atoms with E-state index in [1.54, 1.807) is 0 Å². The highest BCUT2D eigenvalue weighted by atomic mass is 16.6. The van der Waals surface area contributed by atoms with E-state index in [4.69, 9.17) is 9.47 Å². The number of ether oxygens (including phenoxy) is 2. The third kappa shape index (κ3) is 8.61. The minimum absolute atomic E-state index is 0.0132. The maximum Gasteiger partial charge on any atom is 0.338 e. The second-order valence-electron chi connectivity index (χ2n) is 8.77. The smallest absolute Gasteiger partial charge is 0.338 e. The molecule has 3 aromatic carbocycles. The number of esters is 2. The third-order valence-electron chi connectivity index (χ3n) is 5.77. The molecule has 1 N–H and O–H groups in total. The number of ketones is 2. The number of non-ortho nitro benzene ring substituents is 1. The van der Waals surface area contributed by atoms with Crippen molar-refractivity contribution in [1.82, 2.24) is 0 Å². The number of rotatable bonds is 13. The molecule has 42 heavy (non-hydrogen) atoms. The number of hydrogen-bond donors (Lipinski definition) is 1. The zero-order valence-corrected chi connectivity index (χ0v) is 22.1. The molecule has 3 aromatic rings. The lowest BCUT2D eigenvalue weighted by molar-refractivity contribution is -0.385. The predicted molar refractivity (Wildman–Crippen MR) is 145 cm³/mol. The zero-order chi connectivity index (χ0) is 30.8. The van der Waals surface area contributed by atoms with Crippen molar-refractivity contribution in [3.8, 4) is 0 Å². The number of amides is 1. The van der Waals surface area contributed by atoms with Crippen molar-refractivity contribution < 1.29 is 43.3 Å². The SMILES string of the molecule is Cc1ccc(C(=O)COC(=O)CCC(=O)Nc2ccc(C(=O)OCC(=O)c3cccc([N+](=O)[O-])c3)cc2)cc1[N+](=O)[O-]. The van der Waals surface area contributed by atoms with E-state index in [-0.39, 0.29) is 40.9 Å². The standard InChI is InChI=1S/C28H23N3O11/c1-17-5-6-20(14-23(17)31(39)40)24(32)15-41-27(35)12-11-26(34)29-21-9-7-18(8-10-21)28(36)42-16-25(33)19-3-2-4-22(13-19)30(37)38/h2-10,13-14H,11-12,15-16H2,1H3,(H,29,34). The lowest BCUT2D eigenvalue weighted by atomic mass is 10.1. The van der Waals surface area contributed by atoms with E-state index in [9.17, 15) is 44.2 Å². The van der Waals surface area contributed by atoms with Gasteiger partial charge in [0.05, 0.1) is 21.8 Å². The number of nitro groups is 2. The van der Waals surface area contributed by atoms with E-state index < -0.39 is 52.5 Å². The molecule has 0 aliphatic rings. The molecule has 1 amide bonds. The maximum atomic E-state index is 12.3. The zero-order valence-electron chi connectivity index (χ0n) is 22.1. The van der Waals surface area contributed by atoms with Crippen molar-refractivity contribution in [2.75, 3.05) is 18.5 Å². The van der Waals surface area contributed by atoms with Crippen LogP contribution in [0.3, 0.4) is 0 Å². The molecule has 0 aliphatic carbocycles. The van der Waals surface area contributed by atoms with Crippen molar-refractivity contribution in [2.45, 2.75) is 19.8 Å². The largest absolute Gasteiger partial charge is 0.457 e. The lowest BCUT2D eigenvalue weighted by Gasteiger charge is -2.08. The Bertz CT molecular complexity index is 1570. The molecular formula is C28H23N3O11. The predicted octanol–water partition coefficient (Wildman–Crippen LogP) is 4.00. The first-order valence-corrected chi connectivity index (χ1v) is 12.2. The van der Waals surface area contributed by atoms with Gasteiger partial charge in [0.1, 0.15) is 0 Å². The molecule has 216 valence electrons. The fourth-order valence-corrected chi connectivity index (χ4v) is 3.50. The molecule has 0 fully saturated rings. The topological polar surface area (TPSA) is 202 Å². The number of nitrogens with zero attached hydrogens (tertiary/aromatic N) is 2. The van der Waals surface area contributed by atoms with Crippen LogP contribution in [0.25, 0.3) is 0 Å². The van der Waals surface area contributed by atoms with Crippen LogP contribution < -0.4 is 5.32 Å². The quantitative estimate of drug-likeness (QED) is 0.133. The van der Waals surface area contributed by atoms with Crippen LogP contribution in [0, 0.1) is 27.2 Å². The van der Waals surface area contributed by atoms with E-state index in [1.165, 1.54) is 61.5 Å². The Balaban J connectivity index is 1.41. The van der Waals surface area contributed by atoms with Gasteiger partial charge in [0.25, 0.3) is 11.4 Å². The van der Waals surface area contributed by atoms with Crippen LogP contribution in [0.2, 0.25) is 0 Å². The number of hydrogen-bond acceptors (Lipinski definition) is 11. The van der Waals surface area contributed by atoms with Crippen molar-refractivity contribution in [3.05, 3.63) is 109 Å². The first kappa shape index (κ1) is 30.7. The monoisotopic (exact) mass is 577 g/mol. The number of carbonyl (C=O) groups excluding carboxylic acids is 5. The normalized spacial score (nSPS) is 10.3. The highest BCUT2D eigenvalue weighted by Crippen LogP contribution is 2.20. The van der Waals surface area contributed by atoms with Gasteiger partial charge in [-0.15, -0.1) is 0 Å². The summed E-state index contributed by atoms with van der Waals surface area (Å²) in [6.45, 7) is 0.247. The first-order valence-electron chi connectivity index (χ1n) is 12.2. The second kappa shape index (κ2) is 14.0. The van der Waals surface area contributed by atoms with Crippen molar-refractivity contribution in [1.29, 1.82) is 0 Å². The Labute approximate surface area is 237 Å². The first-order chi connectivity index (χ1) is 19.9. The van der Waals surface area contributed by atoms with Gasteiger partial charge >= 0.3 is 11.9 Å². The molecule has 0 aliphatic heterocycles. The molecule has 0 saturated heterocycles. The fraction of sp³-hybridized carbons (Fsp3) is 0.179. The molecule has 0 heterocycles. The maximum absolute atomic E-state index is 12.3. The summed E-state index contributed by atoms with van der Waals surface area (Å²) in [4.78, 5) is 81.4. The van der Waals surface area contributed by atoms with Gasteiger partial charge in [0, 0.05) is 47.0 Å². The van der Waals surface area contributed by atoms with Crippen molar-refractivity contribution >= 4 is 46.5 Å². The molecular weight excluding hydrogens is 554 g/mol. The van der Waals surface area contributed by atoms with Gasteiger partial charge in [-0.05, 0) is 31.2 Å². The molecule has 0 spiro atoms. The van der Waals surface area contributed by atoms with Crippen molar-refractivity contribution in [3.63, 3.8) is 0 Å².